The molecule has 0 atom stereocenters. The topological polar surface area (TPSA) is 81.4 Å². The second kappa shape index (κ2) is 10.3. The summed E-state index contributed by atoms with van der Waals surface area (Å²) in [4.78, 5) is 27.5. The average Bonchev–Trinajstić information content (AvgIpc) is 3.20. The first-order valence-corrected chi connectivity index (χ1v) is 9.60. The van der Waals surface area contributed by atoms with Crippen LogP contribution in [0.4, 0.5) is 14.5 Å². The highest BCUT2D eigenvalue weighted by Gasteiger charge is 2.16. The predicted octanol–water partition coefficient (Wildman–Crippen LogP) is 4.77. The minimum absolute atomic E-state index is 0.0301. The molecule has 3 rings (SSSR count). The average molecular weight is 426 g/mol. The first kappa shape index (κ1) is 21.9. The zero-order chi connectivity index (χ0) is 22.2. The van der Waals surface area contributed by atoms with Gasteiger partial charge in [0.15, 0.2) is 11.7 Å². The van der Waals surface area contributed by atoms with E-state index in [1.165, 1.54) is 18.3 Å². The van der Waals surface area contributed by atoms with E-state index in [9.17, 15) is 18.4 Å². The van der Waals surface area contributed by atoms with Gasteiger partial charge in [-0.05, 0) is 42.8 Å². The number of anilines is 1. The van der Waals surface area contributed by atoms with Gasteiger partial charge in [0.05, 0.1) is 18.4 Å². The molecule has 0 aliphatic rings. The molecule has 0 fully saturated rings. The maximum absolute atomic E-state index is 13.8. The molecule has 0 spiro atoms. The largest absolute Gasteiger partial charge is 0.463 e. The molecule has 160 valence electrons. The van der Waals surface area contributed by atoms with Gasteiger partial charge in [0.1, 0.15) is 11.6 Å². The van der Waals surface area contributed by atoms with Gasteiger partial charge in [-0.15, -0.1) is 0 Å². The summed E-state index contributed by atoms with van der Waals surface area (Å²) < 4.78 is 37.9. The molecule has 0 aliphatic carbocycles. The minimum atomic E-state index is -0.749. The van der Waals surface area contributed by atoms with Crippen molar-refractivity contribution < 1.29 is 27.5 Å². The number of halogens is 2. The van der Waals surface area contributed by atoms with E-state index in [-0.39, 0.29) is 36.0 Å². The standard InChI is InChI=1S/C23H20F2N2O4/c1-2-30-22(29)13-8-15-6-9-16(10-7-15)27-20(28)11-12-21-26-14-19(31-21)23-17(24)4-3-5-18(23)25/h3-10,13-14H,2,11-12H2,1H3,(H,27,28)/b13-8+. The lowest BCUT2D eigenvalue weighted by atomic mass is 10.1. The fraction of sp³-hybridized carbons (Fsp3) is 0.174. The smallest absolute Gasteiger partial charge is 0.330 e. The van der Waals surface area contributed by atoms with Crippen molar-refractivity contribution in [2.24, 2.45) is 0 Å². The van der Waals surface area contributed by atoms with Crippen LogP contribution in [0.15, 0.2) is 59.2 Å². The van der Waals surface area contributed by atoms with Crippen molar-refractivity contribution in [3.05, 3.63) is 77.8 Å². The Morgan fingerprint density at radius 2 is 1.84 bits per heavy atom. The maximum atomic E-state index is 13.8. The Balaban J connectivity index is 1.53. The van der Waals surface area contributed by atoms with E-state index >= 15 is 0 Å². The van der Waals surface area contributed by atoms with Crippen molar-refractivity contribution in [3.63, 3.8) is 0 Å². The summed E-state index contributed by atoms with van der Waals surface area (Å²) >= 11 is 0. The van der Waals surface area contributed by atoms with E-state index in [1.807, 2.05) is 0 Å². The third-order valence-corrected chi connectivity index (χ3v) is 4.22. The second-order valence-corrected chi connectivity index (χ2v) is 6.47. The number of rotatable bonds is 8. The number of carbonyl (C=O) groups excluding carboxylic acids is 2. The molecule has 1 heterocycles. The van der Waals surface area contributed by atoms with Crippen LogP contribution in [0, 0.1) is 11.6 Å². The molecule has 0 saturated heterocycles. The third-order valence-electron chi connectivity index (χ3n) is 4.22. The molecular weight excluding hydrogens is 406 g/mol. The molecule has 6 nitrogen and oxygen atoms in total. The first-order chi connectivity index (χ1) is 15.0. The van der Waals surface area contributed by atoms with Crippen LogP contribution in [0.25, 0.3) is 17.4 Å². The lowest BCUT2D eigenvalue weighted by Gasteiger charge is -2.05. The number of hydrogen-bond donors (Lipinski definition) is 1. The summed E-state index contributed by atoms with van der Waals surface area (Å²) in [6, 6.07) is 10.4. The van der Waals surface area contributed by atoms with Crippen LogP contribution < -0.4 is 5.32 Å². The molecule has 0 bridgehead atoms. The lowest BCUT2D eigenvalue weighted by Crippen LogP contribution is -2.12. The van der Waals surface area contributed by atoms with Crippen molar-refractivity contribution in [3.8, 4) is 11.3 Å². The fourth-order valence-corrected chi connectivity index (χ4v) is 2.75. The molecule has 1 aromatic heterocycles. The van der Waals surface area contributed by atoms with Gasteiger partial charge in [0, 0.05) is 24.6 Å². The molecule has 1 amide bonds. The number of benzene rings is 2. The zero-order valence-corrected chi connectivity index (χ0v) is 16.7. The summed E-state index contributed by atoms with van der Waals surface area (Å²) in [7, 11) is 0. The van der Waals surface area contributed by atoms with Gasteiger partial charge >= 0.3 is 5.97 Å². The van der Waals surface area contributed by atoms with E-state index in [4.69, 9.17) is 9.15 Å². The van der Waals surface area contributed by atoms with Gasteiger partial charge in [-0.3, -0.25) is 4.79 Å². The fourth-order valence-electron chi connectivity index (χ4n) is 2.75. The number of nitrogens with zero attached hydrogens (tertiary/aromatic N) is 1. The molecular formula is C23H20F2N2O4. The van der Waals surface area contributed by atoms with Crippen LogP contribution >= 0.6 is 0 Å². The Morgan fingerprint density at radius 1 is 1.13 bits per heavy atom. The summed E-state index contributed by atoms with van der Waals surface area (Å²) in [6.45, 7) is 2.04. The molecule has 3 aromatic rings. The van der Waals surface area contributed by atoms with Gasteiger partial charge in [-0.25, -0.2) is 18.6 Å². The van der Waals surface area contributed by atoms with Gasteiger partial charge in [0.25, 0.3) is 0 Å². The predicted molar refractivity (Wildman–Crippen MR) is 111 cm³/mol. The van der Waals surface area contributed by atoms with Crippen LogP contribution in [0.5, 0.6) is 0 Å². The van der Waals surface area contributed by atoms with Gasteiger partial charge < -0.3 is 14.5 Å². The molecule has 2 aromatic carbocycles. The minimum Gasteiger partial charge on any atom is -0.463 e. The number of amides is 1. The van der Waals surface area contributed by atoms with E-state index in [1.54, 1.807) is 37.3 Å². The molecule has 31 heavy (non-hydrogen) atoms. The van der Waals surface area contributed by atoms with Crippen molar-refractivity contribution in [2.75, 3.05) is 11.9 Å². The van der Waals surface area contributed by atoms with Crippen LogP contribution in [0.3, 0.4) is 0 Å². The van der Waals surface area contributed by atoms with Crippen LogP contribution in [0.1, 0.15) is 24.8 Å². The van der Waals surface area contributed by atoms with Gasteiger partial charge in [-0.1, -0.05) is 18.2 Å². The summed E-state index contributed by atoms with van der Waals surface area (Å²) in [5, 5.41) is 2.74. The Kier molecular flexibility index (Phi) is 7.26. The quantitative estimate of drug-likeness (QED) is 0.415. The SMILES string of the molecule is CCOC(=O)/C=C/c1ccc(NC(=O)CCc2ncc(-c3c(F)cccc3F)o2)cc1. The normalized spacial score (nSPS) is 10.9. The Bertz CT molecular complexity index is 1070. The second-order valence-electron chi connectivity index (χ2n) is 6.47. The Labute approximate surface area is 177 Å². The van der Waals surface area contributed by atoms with Crippen molar-refractivity contribution in [1.82, 2.24) is 4.98 Å². The highest BCUT2D eigenvalue weighted by atomic mass is 19.1. The van der Waals surface area contributed by atoms with Crippen LogP contribution in [-0.4, -0.2) is 23.5 Å². The number of aromatic nitrogens is 1. The molecule has 0 radical (unpaired) electrons. The van der Waals surface area contributed by atoms with Gasteiger partial charge in [0.2, 0.25) is 5.91 Å². The van der Waals surface area contributed by atoms with Crippen LogP contribution in [-0.2, 0) is 20.7 Å². The third kappa shape index (κ3) is 6.08. The number of esters is 1. The molecule has 0 saturated carbocycles. The number of oxazole rings is 1. The number of hydrogen-bond acceptors (Lipinski definition) is 5. The van der Waals surface area contributed by atoms with E-state index < -0.39 is 17.6 Å². The van der Waals surface area contributed by atoms with Crippen molar-refractivity contribution in [2.45, 2.75) is 19.8 Å². The zero-order valence-electron chi connectivity index (χ0n) is 16.7. The highest BCUT2D eigenvalue weighted by Crippen LogP contribution is 2.26. The van der Waals surface area contributed by atoms with E-state index in [0.717, 1.165) is 17.7 Å². The van der Waals surface area contributed by atoms with E-state index in [2.05, 4.69) is 10.3 Å². The van der Waals surface area contributed by atoms with Gasteiger partial charge in [-0.2, -0.15) is 0 Å². The highest BCUT2D eigenvalue weighted by molar-refractivity contribution is 5.91. The van der Waals surface area contributed by atoms with Crippen molar-refractivity contribution >= 4 is 23.6 Å². The number of aryl methyl sites for hydroxylation is 1. The summed E-state index contributed by atoms with van der Waals surface area (Å²) in [5.41, 5.74) is 1.07. The summed E-state index contributed by atoms with van der Waals surface area (Å²) in [5.74, 6) is -2.02. The molecule has 1 N–H and O–H groups in total. The number of nitrogens with one attached hydrogen (secondary N) is 1. The van der Waals surface area contributed by atoms with Crippen molar-refractivity contribution in [1.29, 1.82) is 0 Å². The first-order valence-electron chi connectivity index (χ1n) is 9.60. The number of carbonyl (C=O) groups is 2. The maximum Gasteiger partial charge on any atom is 0.330 e. The summed E-state index contributed by atoms with van der Waals surface area (Å²) in [6.07, 6.45) is 4.42. The van der Waals surface area contributed by atoms with Crippen LogP contribution in [0.2, 0.25) is 0 Å². The molecule has 8 heteroatoms. The Hall–Kier alpha value is -3.81. The monoisotopic (exact) mass is 426 g/mol. The van der Waals surface area contributed by atoms with E-state index in [0.29, 0.717) is 12.3 Å². The Morgan fingerprint density at radius 3 is 2.52 bits per heavy atom. The number of ether oxygens (including phenoxy) is 1. The molecule has 0 unspecified atom stereocenters. The molecule has 0 aliphatic heterocycles. The lowest BCUT2D eigenvalue weighted by molar-refractivity contribution is -0.137.